The zero-order valence-electron chi connectivity index (χ0n) is 10.1. The molecule has 0 aliphatic carbocycles. The van der Waals surface area contributed by atoms with Crippen LogP contribution in [0.15, 0.2) is 23.0 Å². The van der Waals surface area contributed by atoms with Crippen molar-refractivity contribution in [1.82, 2.24) is 14.8 Å². The van der Waals surface area contributed by atoms with Crippen LogP contribution in [0.4, 0.5) is 0 Å². The van der Waals surface area contributed by atoms with E-state index in [1.165, 1.54) is 6.07 Å². The predicted octanol–water partition coefficient (Wildman–Crippen LogP) is 0.528. The molecule has 0 saturated carbocycles. The van der Waals surface area contributed by atoms with Crippen molar-refractivity contribution < 1.29 is 4.79 Å². The maximum Gasteiger partial charge on any atom is 0.270 e. The van der Waals surface area contributed by atoms with Crippen LogP contribution in [-0.2, 0) is 0 Å². The van der Waals surface area contributed by atoms with E-state index in [-0.39, 0.29) is 11.5 Å². The zero-order chi connectivity index (χ0) is 13.0. The smallest absolute Gasteiger partial charge is 0.270 e. The number of piperazine rings is 1. The highest BCUT2D eigenvalue weighted by Crippen LogP contribution is 2.06. The van der Waals surface area contributed by atoms with E-state index in [0.29, 0.717) is 18.8 Å². The first kappa shape index (κ1) is 13.3. The lowest BCUT2D eigenvalue weighted by molar-refractivity contribution is 0.0639. The molecule has 0 spiro atoms. The topological polar surface area (TPSA) is 56.4 Å². The van der Waals surface area contributed by atoms with Gasteiger partial charge in [0.05, 0.1) is 0 Å². The van der Waals surface area contributed by atoms with Crippen molar-refractivity contribution in [2.24, 2.45) is 0 Å². The zero-order valence-corrected chi connectivity index (χ0v) is 11.6. The minimum atomic E-state index is -0.237. The Kier molecular flexibility index (Phi) is 4.54. The van der Waals surface area contributed by atoms with E-state index in [2.05, 4.69) is 25.8 Å². The molecule has 0 unspecified atom stereocenters. The highest BCUT2D eigenvalue weighted by molar-refractivity contribution is 9.09. The Morgan fingerprint density at radius 1 is 1.28 bits per heavy atom. The van der Waals surface area contributed by atoms with Crippen LogP contribution < -0.4 is 5.56 Å². The number of halogens is 1. The number of rotatable bonds is 3. The lowest BCUT2D eigenvalue weighted by atomic mass is 10.2. The van der Waals surface area contributed by atoms with Crippen molar-refractivity contribution in [3.8, 4) is 0 Å². The van der Waals surface area contributed by atoms with Gasteiger partial charge < -0.3 is 9.88 Å². The molecule has 2 rings (SSSR count). The van der Waals surface area contributed by atoms with Crippen molar-refractivity contribution in [3.63, 3.8) is 0 Å². The molecule has 2 heterocycles. The maximum atomic E-state index is 12.1. The lowest BCUT2D eigenvalue weighted by Crippen LogP contribution is -2.49. The van der Waals surface area contributed by atoms with Crippen LogP contribution in [0, 0.1) is 0 Å². The average molecular weight is 314 g/mol. The van der Waals surface area contributed by atoms with Gasteiger partial charge in [-0.05, 0) is 6.07 Å². The van der Waals surface area contributed by atoms with E-state index < -0.39 is 0 Å². The normalized spacial score (nSPS) is 16.8. The standard InChI is InChI=1S/C12H16BrN3O2/c13-4-5-15-6-8-16(9-7-15)12(18)10-2-1-3-11(17)14-10/h1-3H,4-9H2,(H,14,17). The fourth-order valence-corrected chi connectivity index (χ4v) is 2.54. The van der Waals surface area contributed by atoms with Gasteiger partial charge in [-0.15, -0.1) is 0 Å². The number of pyridine rings is 1. The predicted molar refractivity (Wildman–Crippen MR) is 73.2 cm³/mol. The number of aromatic amines is 1. The average Bonchev–Trinajstić information content (AvgIpc) is 2.39. The van der Waals surface area contributed by atoms with Crippen LogP contribution in [0.2, 0.25) is 0 Å². The number of alkyl halides is 1. The first-order chi connectivity index (χ1) is 8.70. The molecule has 0 radical (unpaired) electrons. The van der Waals surface area contributed by atoms with Crippen molar-refractivity contribution in [1.29, 1.82) is 0 Å². The summed E-state index contributed by atoms with van der Waals surface area (Å²) in [6.45, 7) is 4.19. The molecule has 6 heteroatoms. The Morgan fingerprint density at radius 3 is 2.61 bits per heavy atom. The molecule has 0 aromatic carbocycles. The lowest BCUT2D eigenvalue weighted by Gasteiger charge is -2.34. The Bertz CT molecular complexity index is 466. The van der Waals surface area contributed by atoms with E-state index in [9.17, 15) is 9.59 Å². The van der Waals surface area contributed by atoms with Gasteiger partial charge in [-0.2, -0.15) is 0 Å². The number of hydrogen-bond acceptors (Lipinski definition) is 3. The highest BCUT2D eigenvalue weighted by Gasteiger charge is 2.21. The van der Waals surface area contributed by atoms with Crippen molar-refractivity contribution >= 4 is 21.8 Å². The number of aromatic nitrogens is 1. The third-order valence-corrected chi connectivity index (χ3v) is 3.41. The summed E-state index contributed by atoms with van der Waals surface area (Å²) in [7, 11) is 0. The van der Waals surface area contributed by atoms with Gasteiger partial charge in [-0.1, -0.05) is 22.0 Å². The minimum absolute atomic E-state index is 0.0915. The van der Waals surface area contributed by atoms with Gasteiger partial charge in [0, 0.05) is 44.1 Å². The Hall–Kier alpha value is -1.14. The number of nitrogens with one attached hydrogen (secondary N) is 1. The molecule has 1 fully saturated rings. The Balaban J connectivity index is 1.97. The van der Waals surface area contributed by atoms with E-state index in [4.69, 9.17) is 0 Å². The maximum absolute atomic E-state index is 12.1. The first-order valence-electron chi connectivity index (χ1n) is 5.97. The second-order valence-electron chi connectivity index (χ2n) is 4.25. The number of carbonyl (C=O) groups is 1. The fourth-order valence-electron chi connectivity index (χ4n) is 2.04. The number of hydrogen-bond donors (Lipinski definition) is 1. The fraction of sp³-hybridized carbons (Fsp3) is 0.500. The second-order valence-corrected chi connectivity index (χ2v) is 5.04. The summed E-state index contributed by atoms with van der Waals surface area (Å²) < 4.78 is 0. The molecular formula is C12H16BrN3O2. The molecule has 98 valence electrons. The quantitative estimate of drug-likeness (QED) is 0.828. The summed E-state index contributed by atoms with van der Waals surface area (Å²) in [5, 5.41) is 0.951. The molecule has 1 aliphatic heterocycles. The van der Waals surface area contributed by atoms with Crippen LogP contribution >= 0.6 is 15.9 Å². The summed E-state index contributed by atoms with van der Waals surface area (Å²) in [6.07, 6.45) is 0. The molecule has 5 nitrogen and oxygen atoms in total. The summed E-state index contributed by atoms with van der Waals surface area (Å²) >= 11 is 3.41. The molecule has 1 aromatic heterocycles. The van der Waals surface area contributed by atoms with E-state index in [1.807, 2.05) is 0 Å². The minimum Gasteiger partial charge on any atom is -0.335 e. The van der Waals surface area contributed by atoms with Gasteiger partial charge in [0.1, 0.15) is 5.69 Å². The van der Waals surface area contributed by atoms with Crippen molar-refractivity contribution in [2.75, 3.05) is 38.1 Å². The van der Waals surface area contributed by atoms with E-state index >= 15 is 0 Å². The summed E-state index contributed by atoms with van der Waals surface area (Å²) in [5.41, 5.74) is 0.134. The van der Waals surface area contributed by atoms with Crippen LogP contribution in [0.3, 0.4) is 0 Å². The molecule has 0 atom stereocenters. The summed E-state index contributed by atoms with van der Waals surface area (Å²) in [4.78, 5) is 30.0. The Morgan fingerprint density at radius 2 is 2.00 bits per heavy atom. The van der Waals surface area contributed by atoms with E-state index in [0.717, 1.165) is 25.0 Å². The number of amides is 1. The monoisotopic (exact) mass is 313 g/mol. The molecule has 0 bridgehead atoms. The summed E-state index contributed by atoms with van der Waals surface area (Å²) in [5.74, 6) is -0.0915. The van der Waals surface area contributed by atoms with Crippen molar-refractivity contribution in [3.05, 3.63) is 34.2 Å². The molecular weight excluding hydrogens is 298 g/mol. The van der Waals surface area contributed by atoms with Crippen molar-refractivity contribution in [2.45, 2.75) is 0 Å². The highest BCUT2D eigenvalue weighted by atomic mass is 79.9. The number of carbonyl (C=O) groups excluding carboxylic acids is 1. The van der Waals surface area contributed by atoms with Crippen LogP contribution in [0.25, 0.3) is 0 Å². The SMILES string of the molecule is O=C(c1cccc(=O)[nH]1)N1CCN(CCBr)CC1. The summed E-state index contributed by atoms with van der Waals surface area (Å²) in [6, 6.07) is 4.66. The third kappa shape index (κ3) is 3.20. The number of nitrogens with zero attached hydrogens (tertiary/aromatic N) is 2. The second kappa shape index (κ2) is 6.15. The van der Waals surface area contributed by atoms with Crippen LogP contribution in [0.5, 0.6) is 0 Å². The molecule has 1 aromatic rings. The molecule has 1 aliphatic rings. The van der Waals surface area contributed by atoms with E-state index in [1.54, 1.807) is 17.0 Å². The number of H-pyrrole nitrogens is 1. The van der Waals surface area contributed by atoms with Gasteiger partial charge in [-0.25, -0.2) is 0 Å². The molecule has 1 amide bonds. The molecule has 18 heavy (non-hydrogen) atoms. The van der Waals surface area contributed by atoms with Gasteiger partial charge in [0.15, 0.2) is 0 Å². The van der Waals surface area contributed by atoms with Gasteiger partial charge in [-0.3, -0.25) is 14.5 Å². The largest absolute Gasteiger partial charge is 0.335 e. The van der Waals surface area contributed by atoms with Gasteiger partial charge in [0.2, 0.25) is 5.56 Å². The van der Waals surface area contributed by atoms with Gasteiger partial charge >= 0.3 is 0 Å². The third-order valence-electron chi connectivity index (χ3n) is 3.06. The van der Waals surface area contributed by atoms with Crippen LogP contribution in [-0.4, -0.2) is 58.7 Å². The van der Waals surface area contributed by atoms with Gasteiger partial charge in [0.25, 0.3) is 5.91 Å². The molecule has 1 saturated heterocycles. The molecule has 1 N–H and O–H groups in total. The first-order valence-corrected chi connectivity index (χ1v) is 7.10. The Labute approximate surface area is 114 Å². The van der Waals surface area contributed by atoms with Crippen LogP contribution in [0.1, 0.15) is 10.5 Å².